The van der Waals surface area contributed by atoms with Crippen molar-refractivity contribution in [3.8, 4) is 0 Å². The van der Waals surface area contributed by atoms with Crippen LogP contribution in [0, 0.1) is 6.92 Å². The number of hydrogen-bond donors (Lipinski definition) is 0. The number of carbonyl (C=O) groups excluding carboxylic acids is 1. The molecule has 1 saturated heterocycles. The molecule has 1 heterocycles. The molecule has 0 spiro atoms. The molecule has 5 nitrogen and oxygen atoms in total. The molecule has 0 unspecified atom stereocenters. The minimum Gasteiger partial charge on any atom is -0.339 e. The van der Waals surface area contributed by atoms with Gasteiger partial charge in [0.25, 0.3) is 10.1 Å². The van der Waals surface area contributed by atoms with Gasteiger partial charge in [-0.15, -0.1) is 0 Å². The highest BCUT2D eigenvalue weighted by Crippen LogP contribution is 2.21. The van der Waals surface area contributed by atoms with Crippen LogP contribution < -0.4 is 0 Å². The third-order valence-electron chi connectivity index (χ3n) is 3.50. The van der Waals surface area contributed by atoms with Crippen molar-refractivity contribution in [1.82, 2.24) is 4.90 Å². The van der Waals surface area contributed by atoms with E-state index in [1.165, 1.54) is 6.08 Å². The van der Waals surface area contributed by atoms with Crippen LogP contribution in [0.2, 0.25) is 0 Å². The fraction of sp³-hybridized carbons (Fsp3) is 0.400. The van der Waals surface area contributed by atoms with Crippen LogP contribution in [0.5, 0.6) is 0 Å². The first-order chi connectivity index (χ1) is 9.92. The lowest BCUT2D eigenvalue weighted by molar-refractivity contribution is -0.127. The summed E-state index contributed by atoms with van der Waals surface area (Å²) < 4.78 is 29.6. The minimum atomic E-state index is -3.74. The molecule has 0 N–H and O–H groups in total. The highest BCUT2D eigenvalue weighted by molar-refractivity contribution is 7.86. The lowest BCUT2D eigenvalue weighted by atomic mass is 10.1. The Bertz CT molecular complexity index is 614. The second-order valence-electron chi connectivity index (χ2n) is 5.09. The number of benzene rings is 1. The van der Waals surface area contributed by atoms with Crippen molar-refractivity contribution in [2.24, 2.45) is 0 Å². The lowest BCUT2D eigenvalue weighted by Crippen LogP contribution is -2.40. The quantitative estimate of drug-likeness (QED) is 0.629. The van der Waals surface area contributed by atoms with Gasteiger partial charge >= 0.3 is 0 Å². The fourth-order valence-corrected chi connectivity index (χ4v) is 3.37. The Morgan fingerprint density at radius 1 is 1.29 bits per heavy atom. The SMILES string of the molecule is C=CC(=O)N1CCC(OS(=O)(=O)c2ccc(C)cc2)CC1. The van der Waals surface area contributed by atoms with E-state index in [1.54, 1.807) is 29.2 Å². The van der Waals surface area contributed by atoms with Crippen LogP contribution in [0.1, 0.15) is 18.4 Å². The van der Waals surface area contributed by atoms with Crippen LogP contribution >= 0.6 is 0 Å². The normalized spacial score (nSPS) is 16.7. The van der Waals surface area contributed by atoms with E-state index in [2.05, 4.69) is 6.58 Å². The van der Waals surface area contributed by atoms with Gasteiger partial charge in [-0.2, -0.15) is 8.42 Å². The molecule has 0 aliphatic carbocycles. The first-order valence-electron chi connectivity index (χ1n) is 6.83. The van der Waals surface area contributed by atoms with Crippen molar-refractivity contribution in [3.63, 3.8) is 0 Å². The van der Waals surface area contributed by atoms with Gasteiger partial charge in [0, 0.05) is 13.1 Å². The smallest absolute Gasteiger partial charge is 0.297 e. The zero-order chi connectivity index (χ0) is 15.5. The summed E-state index contributed by atoms with van der Waals surface area (Å²) in [6.07, 6.45) is 1.89. The number of aryl methyl sites for hydroxylation is 1. The van der Waals surface area contributed by atoms with Gasteiger partial charge in [0.05, 0.1) is 11.0 Å². The molecule has 0 atom stereocenters. The second-order valence-corrected chi connectivity index (χ2v) is 6.66. The van der Waals surface area contributed by atoms with Crippen LogP contribution in [-0.4, -0.2) is 38.4 Å². The number of hydrogen-bond acceptors (Lipinski definition) is 4. The summed E-state index contributed by atoms with van der Waals surface area (Å²) in [4.78, 5) is 13.3. The summed E-state index contributed by atoms with van der Waals surface area (Å²) >= 11 is 0. The van der Waals surface area contributed by atoms with Gasteiger partial charge in [0.15, 0.2) is 0 Å². The van der Waals surface area contributed by atoms with Gasteiger partial charge in [0.2, 0.25) is 5.91 Å². The van der Waals surface area contributed by atoms with Gasteiger partial charge < -0.3 is 4.90 Å². The highest BCUT2D eigenvalue weighted by Gasteiger charge is 2.27. The molecule has 0 saturated carbocycles. The largest absolute Gasteiger partial charge is 0.339 e. The zero-order valence-corrected chi connectivity index (χ0v) is 12.8. The maximum absolute atomic E-state index is 12.2. The first kappa shape index (κ1) is 15.7. The van der Waals surface area contributed by atoms with E-state index < -0.39 is 10.1 Å². The summed E-state index contributed by atoms with van der Waals surface area (Å²) in [6, 6.07) is 6.56. The molecule has 114 valence electrons. The monoisotopic (exact) mass is 309 g/mol. The fourth-order valence-electron chi connectivity index (χ4n) is 2.24. The van der Waals surface area contributed by atoms with Gasteiger partial charge in [-0.25, -0.2) is 0 Å². The molecule has 2 rings (SSSR count). The summed E-state index contributed by atoms with van der Waals surface area (Å²) in [5.74, 6) is -0.130. The molecule has 1 aliphatic rings. The number of nitrogens with zero attached hydrogens (tertiary/aromatic N) is 1. The molecule has 0 radical (unpaired) electrons. The number of likely N-dealkylation sites (tertiary alicyclic amines) is 1. The average molecular weight is 309 g/mol. The summed E-state index contributed by atoms with van der Waals surface area (Å²) in [5.41, 5.74) is 0.991. The molecule has 0 bridgehead atoms. The van der Waals surface area contributed by atoms with E-state index in [4.69, 9.17) is 4.18 Å². The molecule has 1 aromatic carbocycles. The number of amides is 1. The van der Waals surface area contributed by atoms with Crippen LogP contribution in [0.4, 0.5) is 0 Å². The van der Waals surface area contributed by atoms with E-state index in [1.807, 2.05) is 6.92 Å². The summed E-state index contributed by atoms with van der Waals surface area (Å²) in [6.45, 7) is 6.31. The predicted molar refractivity (Wildman–Crippen MR) is 79.2 cm³/mol. The number of piperidine rings is 1. The lowest BCUT2D eigenvalue weighted by Gasteiger charge is -2.30. The van der Waals surface area contributed by atoms with Crippen molar-refractivity contribution in [2.75, 3.05) is 13.1 Å². The van der Waals surface area contributed by atoms with E-state index >= 15 is 0 Å². The third-order valence-corrected chi connectivity index (χ3v) is 4.88. The van der Waals surface area contributed by atoms with E-state index in [0.717, 1.165) is 5.56 Å². The van der Waals surface area contributed by atoms with Crippen molar-refractivity contribution in [1.29, 1.82) is 0 Å². The molecular formula is C15H19NO4S. The van der Waals surface area contributed by atoms with Gasteiger partial charge in [0.1, 0.15) is 0 Å². The van der Waals surface area contributed by atoms with Gasteiger partial charge in [-0.3, -0.25) is 8.98 Å². The Balaban J connectivity index is 1.98. The number of rotatable bonds is 4. The van der Waals surface area contributed by atoms with Crippen LogP contribution in [0.15, 0.2) is 41.8 Å². The molecule has 1 aliphatic heterocycles. The Morgan fingerprint density at radius 2 is 1.86 bits per heavy atom. The zero-order valence-electron chi connectivity index (χ0n) is 12.0. The molecule has 21 heavy (non-hydrogen) atoms. The second kappa shape index (κ2) is 6.41. The van der Waals surface area contributed by atoms with Crippen LogP contribution in [0.3, 0.4) is 0 Å². The first-order valence-corrected chi connectivity index (χ1v) is 8.24. The maximum Gasteiger partial charge on any atom is 0.297 e. The average Bonchev–Trinajstić information content (AvgIpc) is 2.47. The minimum absolute atomic E-state index is 0.130. The molecule has 0 aromatic heterocycles. The van der Waals surface area contributed by atoms with E-state index in [9.17, 15) is 13.2 Å². The highest BCUT2D eigenvalue weighted by atomic mass is 32.2. The Morgan fingerprint density at radius 3 is 2.38 bits per heavy atom. The third kappa shape index (κ3) is 3.92. The van der Waals surface area contributed by atoms with E-state index in [0.29, 0.717) is 25.9 Å². The van der Waals surface area contributed by atoms with Crippen molar-refractivity contribution in [2.45, 2.75) is 30.8 Å². The van der Waals surface area contributed by atoms with Gasteiger partial charge in [-0.1, -0.05) is 24.3 Å². The van der Waals surface area contributed by atoms with Gasteiger partial charge in [-0.05, 0) is 38.0 Å². The molecule has 1 aromatic rings. The molecular weight excluding hydrogens is 290 g/mol. The standard InChI is InChI=1S/C15H19NO4S/c1-3-15(17)16-10-8-13(9-11-16)20-21(18,19)14-6-4-12(2)5-7-14/h3-7,13H,1,8-11H2,2H3. The summed E-state index contributed by atoms with van der Waals surface area (Å²) in [5, 5.41) is 0. The Labute approximate surface area is 125 Å². The number of carbonyl (C=O) groups is 1. The van der Waals surface area contributed by atoms with Crippen molar-refractivity contribution >= 4 is 16.0 Å². The Kier molecular flexibility index (Phi) is 4.80. The van der Waals surface area contributed by atoms with Crippen LogP contribution in [-0.2, 0) is 19.1 Å². The maximum atomic E-state index is 12.2. The van der Waals surface area contributed by atoms with Crippen molar-refractivity contribution < 1.29 is 17.4 Å². The van der Waals surface area contributed by atoms with E-state index in [-0.39, 0.29) is 16.9 Å². The molecule has 1 fully saturated rings. The Hall–Kier alpha value is -1.66. The molecule has 1 amide bonds. The summed E-state index contributed by atoms with van der Waals surface area (Å²) in [7, 11) is -3.74. The topological polar surface area (TPSA) is 63.7 Å². The van der Waals surface area contributed by atoms with Crippen LogP contribution in [0.25, 0.3) is 0 Å². The molecule has 6 heteroatoms. The van der Waals surface area contributed by atoms with Crippen molar-refractivity contribution in [3.05, 3.63) is 42.5 Å². The predicted octanol–water partition coefficient (Wildman–Crippen LogP) is 1.88.